The van der Waals surface area contributed by atoms with Gasteiger partial charge in [0.05, 0.1) is 12.2 Å². The third kappa shape index (κ3) is 14.4. The number of nitrogens with two attached hydrogens (primary N) is 1. The first-order valence-electron chi connectivity index (χ1n) is 5.25. The van der Waals surface area contributed by atoms with E-state index < -0.39 is 0 Å². The Labute approximate surface area is 88.6 Å². The highest BCUT2D eigenvalue weighted by atomic mass is 16.5. The lowest BCUT2D eigenvalue weighted by Crippen LogP contribution is -2.26. The number of methoxy groups -OCH3 is 1. The van der Waals surface area contributed by atoms with Crippen LogP contribution in [0.4, 0.5) is 0 Å². The van der Waals surface area contributed by atoms with E-state index in [0.717, 1.165) is 12.5 Å². The molecule has 3 heteroatoms. The van der Waals surface area contributed by atoms with E-state index in [1.54, 1.807) is 7.11 Å². The monoisotopic (exact) mass is 205 g/mol. The van der Waals surface area contributed by atoms with Crippen LogP contribution in [0.15, 0.2) is 0 Å². The molecule has 0 amide bonds. The summed E-state index contributed by atoms with van der Waals surface area (Å²) in [7, 11) is 1.58. The molecule has 14 heavy (non-hydrogen) atoms. The van der Waals surface area contributed by atoms with Crippen LogP contribution < -0.4 is 5.73 Å². The minimum Gasteiger partial charge on any atom is -0.393 e. The average molecular weight is 205 g/mol. The number of rotatable bonds is 5. The lowest BCUT2D eigenvalue weighted by molar-refractivity contribution is -0.0226. The molecule has 3 nitrogen and oxygen atoms in total. The van der Waals surface area contributed by atoms with Crippen LogP contribution in [0.25, 0.3) is 0 Å². The standard InChI is InChI=1S/C6H15N.C5H12O2/c1-6(2)4-3-5-7;1-5(2,4-6)7-3/h6H,3-5,7H2,1-2H3;6H,4H2,1-3H3. The molecule has 0 rings (SSSR count). The molecule has 0 aliphatic rings. The maximum Gasteiger partial charge on any atom is 0.0852 e. The maximum absolute atomic E-state index is 8.47. The third-order valence-corrected chi connectivity index (χ3v) is 1.92. The van der Waals surface area contributed by atoms with Crippen LogP contribution in [0, 0.1) is 5.92 Å². The molecule has 0 radical (unpaired) electrons. The second-order valence-corrected chi connectivity index (χ2v) is 4.45. The Hall–Kier alpha value is -0.120. The zero-order valence-electron chi connectivity index (χ0n) is 10.3. The van der Waals surface area contributed by atoms with Gasteiger partial charge in [-0.1, -0.05) is 13.8 Å². The molecule has 0 spiro atoms. The molecule has 0 fully saturated rings. The summed E-state index contributed by atoms with van der Waals surface area (Å²) in [4.78, 5) is 0. The molecule has 0 aliphatic carbocycles. The van der Waals surface area contributed by atoms with Crippen molar-refractivity contribution in [3.8, 4) is 0 Å². The van der Waals surface area contributed by atoms with E-state index in [1.807, 2.05) is 13.8 Å². The number of hydrogen-bond acceptors (Lipinski definition) is 3. The van der Waals surface area contributed by atoms with Gasteiger partial charge in [0, 0.05) is 7.11 Å². The van der Waals surface area contributed by atoms with E-state index in [1.165, 1.54) is 12.8 Å². The molecule has 0 saturated carbocycles. The molecule has 0 saturated heterocycles. The topological polar surface area (TPSA) is 55.5 Å². The Morgan fingerprint density at radius 3 is 1.93 bits per heavy atom. The van der Waals surface area contributed by atoms with Crippen LogP contribution >= 0.6 is 0 Å². The predicted octanol–water partition coefficient (Wildman–Crippen LogP) is 1.78. The van der Waals surface area contributed by atoms with Crippen molar-refractivity contribution >= 4 is 0 Å². The maximum atomic E-state index is 8.47. The van der Waals surface area contributed by atoms with Crippen LogP contribution in [0.1, 0.15) is 40.5 Å². The summed E-state index contributed by atoms with van der Waals surface area (Å²) in [6, 6.07) is 0. The second kappa shape index (κ2) is 9.44. The number of ether oxygens (including phenoxy) is 1. The fourth-order valence-electron chi connectivity index (χ4n) is 0.591. The van der Waals surface area contributed by atoms with Gasteiger partial charge in [-0.2, -0.15) is 0 Å². The predicted molar refractivity (Wildman–Crippen MR) is 61.3 cm³/mol. The van der Waals surface area contributed by atoms with E-state index in [-0.39, 0.29) is 12.2 Å². The lowest BCUT2D eigenvalue weighted by Gasteiger charge is -2.18. The minimum atomic E-state index is -0.361. The largest absolute Gasteiger partial charge is 0.393 e. The molecular formula is C11H27NO2. The van der Waals surface area contributed by atoms with E-state index in [9.17, 15) is 0 Å². The Morgan fingerprint density at radius 2 is 1.86 bits per heavy atom. The third-order valence-electron chi connectivity index (χ3n) is 1.92. The van der Waals surface area contributed by atoms with Crippen LogP contribution in [0.3, 0.4) is 0 Å². The fourth-order valence-corrected chi connectivity index (χ4v) is 0.591. The molecule has 0 unspecified atom stereocenters. The van der Waals surface area contributed by atoms with Crippen molar-refractivity contribution in [1.82, 2.24) is 0 Å². The van der Waals surface area contributed by atoms with Gasteiger partial charge in [0.25, 0.3) is 0 Å². The first-order valence-corrected chi connectivity index (χ1v) is 5.25. The summed E-state index contributed by atoms with van der Waals surface area (Å²) < 4.78 is 4.84. The summed E-state index contributed by atoms with van der Waals surface area (Å²) in [5.74, 6) is 0.823. The van der Waals surface area contributed by atoms with E-state index in [4.69, 9.17) is 15.6 Å². The molecular weight excluding hydrogens is 178 g/mol. The van der Waals surface area contributed by atoms with E-state index in [0.29, 0.717) is 0 Å². The zero-order chi connectivity index (χ0) is 11.6. The van der Waals surface area contributed by atoms with Crippen molar-refractivity contribution in [2.75, 3.05) is 20.3 Å². The van der Waals surface area contributed by atoms with Gasteiger partial charge in [-0.15, -0.1) is 0 Å². The Kier molecular flexibility index (Phi) is 11.0. The van der Waals surface area contributed by atoms with E-state index in [2.05, 4.69) is 13.8 Å². The summed E-state index contributed by atoms with van der Waals surface area (Å²) >= 11 is 0. The molecule has 0 aromatic carbocycles. The van der Waals surface area contributed by atoms with Gasteiger partial charge >= 0.3 is 0 Å². The van der Waals surface area contributed by atoms with Crippen molar-refractivity contribution in [2.45, 2.75) is 46.1 Å². The normalized spacial score (nSPS) is 11.1. The van der Waals surface area contributed by atoms with Gasteiger partial charge in [-0.05, 0) is 39.2 Å². The highest BCUT2D eigenvalue weighted by Crippen LogP contribution is 2.03. The SMILES string of the molecule is CC(C)CCCN.COC(C)(C)CO. The van der Waals surface area contributed by atoms with Crippen molar-refractivity contribution in [2.24, 2.45) is 11.7 Å². The number of hydrogen-bond donors (Lipinski definition) is 2. The van der Waals surface area contributed by atoms with Crippen LogP contribution in [-0.4, -0.2) is 31.0 Å². The van der Waals surface area contributed by atoms with Crippen LogP contribution in [-0.2, 0) is 4.74 Å². The first kappa shape index (κ1) is 16.3. The fraction of sp³-hybridized carbons (Fsp3) is 1.00. The smallest absolute Gasteiger partial charge is 0.0852 e. The number of aliphatic hydroxyl groups excluding tert-OH is 1. The van der Waals surface area contributed by atoms with Gasteiger partial charge in [0.2, 0.25) is 0 Å². The van der Waals surface area contributed by atoms with Crippen molar-refractivity contribution in [3.63, 3.8) is 0 Å². The van der Waals surface area contributed by atoms with Crippen molar-refractivity contribution in [1.29, 1.82) is 0 Å². The van der Waals surface area contributed by atoms with Crippen molar-refractivity contribution in [3.05, 3.63) is 0 Å². The molecule has 0 aromatic rings. The lowest BCUT2D eigenvalue weighted by atomic mass is 10.1. The van der Waals surface area contributed by atoms with Crippen LogP contribution in [0.2, 0.25) is 0 Å². The first-order chi connectivity index (χ1) is 6.39. The Morgan fingerprint density at radius 1 is 1.36 bits per heavy atom. The molecule has 0 aliphatic heterocycles. The molecule has 88 valence electrons. The van der Waals surface area contributed by atoms with Crippen molar-refractivity contribution < 1.29 is 9.84 Å². The van der Waals surface area contributed by atoms with Gasteiger partial charge in [-0.3, -0.25) is 0 Å². The average Bonchev–Trinajstić information content (AvgIpc) is 2.15. The second-order valence-electron chi connectivity index (χ2n) is 4.45. The molecule has 3 N–H and O–H groups in total. The Bertz CT molecular complexity index is 108. The highest BCUT2D eigenvalue weighted by Gasteiger charge is 2.12. The summed E-state index contributed by atoms with van der Waals surface area (Å²) in [6.07, 6.45) is 2.45. The zero-order valence-corrected chi connectivity index (χ0v) is 10.3. The summed E-state index contributed by atoms with van der Waals surface area (Å²) in [5, 5.41) is 8.47. The minimum absolute atomic E-state index is 0.0729. The van der Waals surface area contributed by atoms with Gasteiger partial charge in [0.1, 0.15) is 0 Å². The molecule has 0 bridgehead atoms. The summed E-state index contributed by atoms with van der Waals surface area (Å²) in [6.45, 7) is 9.01. The molecule has 0 atom stereocenters. The van der Waals surface area contributed by atoms with Gasteiger partial charge < -0.3 is 15.6 Å². The molecule has 0 aromatic heterocycles. The van der Waals surface area contributed by atoms with Crippen LogP contribution in [0.5, 0.6) is 0 Å². The number of aliphatic hydroxyl groups is 1. The summed E-state index contributed by atoms with van der Waals surface area (Å²) in [5.41, 5.74) is 4.92. The molecule has 0 heterocycles. The highest BCUT2D eigenvalue weighted by molar-refractivity contribution is 4.63. The quantitative estimate of drug-likeness (QED) is 0.719. The van der Waals surface area contributed by atoms with E-state index >= 15 is 0 Å². The van der Waals surface area contributed by atoms with Gasteiger partial charge in [0.15, 0.2) is 0 Å². The van der Waals surface area contributed by atoms with Gasteiger partial charge in [-0.25, -0.2) is 0 Å². The Balaban J connectivity index is 0.